The fourth-order valence-electron chi connectivity index (χ4n) is 2.50. The van der Waals surface area contributed by atoms with Crippen LogP contribution in [-0.4, -0.2) is 25.6 Å². The zero-order valence-electron chi connectivity index (χ0n) is 14.5. The second-order valence-electron chi connectivity index (χ2n) is 5.63. The highest BCUT2D eigenvalue weighted by molar-refractivity contribution is 5.91. The average molecular weight is 341 g/mol. The average Bonchev–Trinajstić information content (AvgIpc) is 2.66. The van der Waals surface area contributed by atoms with Gasteiger partial charge in [0.25, 0.3) is 5.91 Å². The maximum absolute atomic E-state index is 12.1. The maximum atomic E-state index is 12.1. The van der Waals surface area contributed by atoms with Crippen molar-refractivity contribution in [3.05, 3.63) is 65.7 Å². The van der Waals surface area contributed by atoms with E-state index in [0.29, 0.717) is 11.3 Å². The van der Waals surface area contributed by atoms with Crippen LogP contribution in [0, 0.1) is 0 Å². The first-order valence-electron chi connectivity index (χ1n) is 8.29. The number of carbonyl (C=O) groups is 2. The topological polar surface area (TPSA) is 64.6 Å². The Labute approximate surface area is 148 Å². The molecular weight excluding hydrogens is 318 g/mol. The smallest absolute Gasteiger partial charge is 0.338 e. The van der Waals surface area contributed by atoms with Gasteiger partial charge in [0.2, 0.25) is 0 Å². The van der Waals surface area contributed by atoms with Crippen LogP contribution >= 0.6 is 0 Å². The molecule has 1 N–H and O–H groups in total. The Balaban J connectivity index is 1.91. The molecular formula is C20H23NO4. The summed E-state index contributed by atoms with van der Waals surface area (Å²) in [4.78, 5) is 24.2. The first-order chi connectivity index (χ1) is 12.1. The van der Waals surface area contributed by atoms with E-state index in [2.05, 4.69) is 12.2 Å². The summed E-state index contributed by atoms with van der Waals surface area (Å²) in [7, 11) is 1.52. The molecule has 1 amide bonds. The Morgan fingerprint density at radius 2 is 1.84 bits per heavy atom. The summed E-state index contributed by atoms with van der Waals surface area (Å²) >= 11 is 0. The number of ether oxygens (including phenoxy) is 2. The van der Waals surface area contributed by atoms with Crippen molar-refractivity contribution in [1.82, 2.24) is 5.32 Å². The number of methoxy groups -OCH3 is 1. The Kier molecular flexibility index (Phi) is 7.01. The van der Waals surface area contributed by atoms with E-state index >= 15 is 0 Å². The molecule has 132 valence electrons. The van der Waals surface area contributed by atoms with Crippen LogP contribution in [0.5, 0.6) is 5.75 Å². The highest BCUT2D eigenvalue weighted by Gasteiger charge is 2.16. The molecule has 2 aromatic rings. The predicted octanol–water partition coefficient (Wildman–Crippen LogP) is 3.51. The molecule has 0 unspecified atom stereocenters. The van der Waals surface area contributed by atoms with E-state index in [0.717, 1.165) is 18.4 Å². The highest BCUT2D eigenvalue weighted by Crippen LogP contribution is 2.18. The molecule has 0 aliphatic carbocycles. The zero-order chi connectivity index (χ0) is 18.1. The standard InChI is InChI=1S/C20H23NO4/c1-3-8-18(15-9-5-4-6-10-15)21-19(22)14-25-20(23)16-11-7-12-17(13-16)24-2/h4-7,9-13,18H,3,8,14H2,1-2H3,(H,21,22)/t18-/m1/s1. The molecule has 25 heavy (non-hydrogen) atoms. The number of hydrogen-bond acceptors (Lipinski definition) is 4. The monoisotopic (exact) mass is 341 g/mol. The van der Waals surface area contributed by atoms with Gasteiger partial charge in [0.15, 0.2) is 6.61 Å². The quantitative estimate of drug-likeness (QED) is 0.746. The van der Waals surface area contributed by atoms with Crippen LogP contribution in [0.1, 0.15) is 41.7 Å². The molecule has 0 heterocycles. The number of nitrogens with one attached hydrogen (secondary N) is 1. The SMILES string of the molecule is CCC[C@@H](NC(=O)COC(=O)c1cccc(OC)c1)c1ccccc1. The number of carbonyl (C=O) groups excluding carboxylic acids is 2. The third-order valence-corrected chi connectivity index (χ3v) is 3.75. The number of benzene rings is 2. The van der Waals surface area contributed by atoms with Gasteiger partial charge in [-0.3, -0.25) is 4.79 Å². The van der Waals surface area contributed by atoms with Crippen molar-refractivity contribution in [3.63, 3.8) is 0 Å². The summed E-state index contributed by atoms with van der Waals surface area (Å²) in [6.45, 7) is 1.74. The van der Waals surface area contributed by atoms with Crippen molar-refractivity contribution in [2.45, 2.75) is 25.8 Å². The molecule has 5 nitrogen and oxygen atoms in total. The van der Waals surface area contributed by atoms with Crippen LogP contribution in [0.25, 0.3) is 0 Å². The Morgan fingerprint density at radius 3 is 2.52 bits per heavy atom. The summed E-state index contributed by atoms with van der Waals surface area (Å²) in [5.74, 6) is -0.314. The molecule has 2 aromatic carbocycles. The molecule has 0 aliphatic rings. The Morgan fingerprint density at radius 1 is 1.08 bits per heavy atom. The molecule has 0 radical (unpaired) electrons. The van der Waals surface area contributed by atoms with Crippen LogP contribution in [0.3, 0.4) is 0 Å². The minimum Gasteiger partial charge on any atom is -0.497 e. The van der Waals surface area contributed by atoms with Crippen LogP contribution in [0.15, 0.2) is 54.6 Å². The van der Waals surface area contributed by atoms with Crippen LogP contribution < -0.4 is 10.1 Å². The van der Waals surface area contributed by atoms with Gasteiger partial charge in [-0.1, -0.05) is 49.7 Å². The van der Waals surface area contributed by atoms with Crippen molar-refractivity contribution in [2.24, 2.45) is 0 Å². The van der Waals surface area contributed by atoms with Gasteiger partial charge >= 0.3 is 5.97 Å². The highest BCUT2D eigenvalue weighted by atomic mass is 16.5. The fraction of sp³-hybridized carbons (Fsp3) is 0.300. The first kappa shape index (κ1) is 18.5. The summed E-state index contributed by atoms with van der Waals surface area (Å²) in [6, 6.07) is 16.3. The Hall–Kier alpha value is -2.82. The van der Waals surface area contributed by atoms with Gasteiger partial charge in [0.05, 0.1) is 18.7 Å². The minimum absolute atomic E-state index is 0.0887. The van der Waals surface area contributed by atoms with Crippen molar-refractivity contribution in [1.29, 1.82) is 0 Å². The van der Waals surface area contributed by atoms with Gasteiger partial charge in [0, 0.05) is 0 Å². The number of rotatable bonds is 8. The lowest BCUT2D eigenvalue weighted by Gasteiger charge is -2.18. The van der Waals surface area contributed by atoms with E-state index in [1.54, 1.807) is 24.3 Å². The second-order valence-corrected chi connectivity index (χ2v) is 5.63. The van der Waals surface area contributed by atoms with E-state index in [4.69, 9.17) is 9.47 Å². The van der Waals surface area contributed by atoms with E-state index < -0.39 is 5.97 Å². The molecule has 0 saturated heterocycles. The Bertz CT molecular complexity index is 700. The fourth-order valence-corrected chi connectivity index (χ4v) is 2.50. The van der Waals surface area contributed by atoms with Gasteiger partial charge < -0.3 is 14.8 Å². The van der Waals surface area contributed by atoms with E-state index in [-0.39, 0.29) is 18.6 Å². The largest absolute Gasteiger partial charge is 0.497 e. The molecule has 0 fully saturated rings. The summed E-state index contributed by atoms with van der Waals surface area (Å²) < 4.78 is 10.2. The first-order valence-corrected chi connectivity index (χ1v) is 8.29. The van der Waals surface area contributed by atoms with Crippen molar-refractivity contribution in [3.8, 4) is 5.75 Å². The summed E-state index contributed by atoms with van der Waals surface area (Å²) in [5, 5.41) is 2.92. The van der Waals surface area contributed by atoms with Crippen molar-refractivity contribution >= 4 is 11.9 Å². The van der Waals surface area contributed by atoms with Gasteiger partial charge in [-0.25, -0.2) is 4.79 Å². The predicted molar refractivity (Wildman–Crippen MR) is 95.5 cm³/mol. The third-order valence-electron chi connectivity index (χ3n) is 3.75. The minimum atomic E-state index is -0.555. The maximum Gasteiger partial charge on any atom is 0.338 e. The normalized spacial score (nSPS) is 11.4. The van der Waals surface area contributed by atoms with Crippen LogP contribution in [0.2, 0.25) is 0 Å². The lowest BCUT2D eigenvalue weighted by Crippen LogP contribution is -2.32. The number of amides is 1. The summed E-state index contributed by atoms with van der Waals surface area (Å²) in [6.07, 6.45) is 1.75. The van der Waals surface area contributed by atoms with Gasteiger partial charge in [-0.15, -0.1) is 0 Å². The molecule has 0 aromatic heterocycles. The van der Waals surface area contributed by atoms with Gasteiger partial charge in [-0.05, 0) is 30.2 Å². The second kappa shape index (κ2) is 9.47. The number of hydrogen-bond donors (Lipinski definition) is 1. The molecule has 2 rings (SSSR count). The van der Waals surface area contributed by atoms with Crippen LogP contribution in [0.4, 0.5) is 0 Å². The lowest BCUT2D eigenvalue weighted by atomic mass is 10.0. The molecule has 0 bridgehead atoms. The van der Waals surface area contributed by atoms with E-state index in [1.807, 2.05) is 30.3 Å². The van der Waals surface area contributed by atoms with Gasteiger partial charge in [0.1, 0.15) is 5.75 Å². The van der Waals surface area contributed by atoms with Gasteiger partial charge in [-0.2, -0.15) is 0 Å². The molecule has 1 atom stereocenters. The van der Waals surface area contributed by atoms with Crippen molar-refractivity contribution < 1.29 is 19.1 Å². The van der Waals surface area contributed by atoms with Crippen LogP contribution in [-0.2, 0) is 9.53 Å². The third kappa shape index (κ3) is 5.64. The zero-order valence-corrected chi connectivity index (χ0v) is 14.5. The van der Waals surface area contributed by atoms with E-state index in [9.17, 15) is 9.59 Å². The van der Waals surface area contributed by atoms with Crippen molar-refractivity contribution in [2.75, 3.05) is 13.7 Å². The molecule has 0 aliphatic heterocycles. The van der Waals surface area contributed by atoms with E-state index in [1.165, 1.54) is 7.11 Å². The number of esters is 1. The lowest BCUT2D eigenvalue weighted by molar-refractivity contribution is -0.125. The summed E-state index contributed by atoms with van der Waals surface area (Å²) in [5.41, 5.74) is 1.39. The molecule has 5 heteroatoms. The molecule has 0 spiro atoms. The molecule has 0 saturated carbocycles.